The van der Waals surface area contributed by atoms with E-state index >= 15 is 0 Å². The van der Waals surface area contributed by atoms with Gasteiger partial charge in [0.05, 0.1) is 5.52 Å². The summed E-state index contributed by atoms with van der Waals surface area (Å²) in [7, 11) is 0. The van der Waals surface area contributed by atoms with Crippen LogP contribution in [0.15, 0.2) is 30.5 Å². The maximum absolute atomic E-state index is 10.7. The molecule has 1 aromatic heterocycles. The Labute approximate surface area is 110 Å². The van der Waals surface area contributed by atoms with E-state index in [1.807, 2.05) is 24.3 Å². The van der Waals surface area contributed by atoms with E-state index in [0.29, 0.717) is 18.1 Å². The van der Waals surface area contributed by atoms with Gasteiger partial charge in [-0.3, -0.25) is 9.78 Å². The van der Waals surface area contributed by atoms with E-state index < -0.39 is 0 Å². The van der Waals surface area contributed by atoms with Gasteiger partial charge in [0.1, 0.15) is 0 Å². The Morgan fingerprint density at radius 3 is 2.94 bits per heavy atom. The quantitative estimate of drug-likeness (QED) is 0.833. The first kappa shape index (κ1) is 12.6. The first-order valence-corrected chi connectivity index (χ1v) is 6.07. The molecule has 0 atom stereocenters. The van der Waals surface area contributed by atoms with Gasteiger partial charge in [0.2, 0.25) is 5.91 Å². The standard InChI is InChI=1S/C13H14ClN3O/c1-9(18)15-6-7-17-13-4-5-16-12-3-2-10(14)8-11(12)13/h2-5,8H,6-7H2,1H3,(H,15,18)(H,16,17). The average Bonchev–Trinajstić information content (AvgIpc) is 2.34. The van der Waals surface area contributed by atoms with Gasteiger partial charge >= 0.3 is 0 Å². The average molecular weight is 264 g/mol. The number of carbonyl (C=O) groups excluding carboxylic acids is 1. The number of rotatable bonds is 4. The number of fused-ring (bicyclic) bond motifs is 1. The molecule has 2 rings (SSSR count). The number of hydrogen-bond donors (Lipinski definition) is 2. The van der Waals surface area contributed by atoms with E-state index in [0.717, 1.165) is 16.6 Å². The van der Waals surface area contributed by atoms with E-state index in [1.54, 1.807) is 6.20 Å². The topological polar surface area (TPSA) is 54.0 Å². The Kier molecular flexibility index (Phi) is 3.99. The van der Waals surface area contributed by atoms with Crippen molar-refractivity contribution in [2.45, 2.75) is 6.92 Å². The zero-order valence-electron chi connectivity index (χ0n) is 10.0. The molecule has 5 heteroatoms. The summed E-state index contributed by atoms with van der Waals surface area (Å²) >= 11 is 5.98. The highest BCUT2D eigenvalue weighted by Crippen LogP contribution is 2.24. The SMILES string of the molecule is CC(=O)NCCNc1ccnc2ccc(Cl)cc12. The molecule has 0 aliphatic carbocycles. The Morgan fingerprint density at radius 1 is 1.33 bits per heavy atom. The number of amides is 1. The van der Waals surface area contributed by atoms with Crippen LogP contribution in [0.1, 0.15) is 6.92 Å². The second-order valence-corrected chi connectivity index (χ2v) is 4.37. The number of nitrogens with zero attached hydrogens (tertiary/aromatic N) is 1. The Morgan fingerprint density at radius 2 is 2.17 bits per heavy atom. The molecule has 1 heterocycles. The fourth-order valence-corrected chi connectivity index (χ4v) is 1.88. The van der Waals surface area contributed by atoms with E-state index in [9.17, 15) is 4.79 Å². The third kappa shape index (κ3) is 3.11. The van der Waals surface area contributed by atoms with E-state index in [4.69, 9.17) is 11.6 Å². The van der Waals surface area contributed by atoms with Gasteiger partial charge in [-0.25, -0.2) is 0 Å². The lowest BCUT2D eigenvalue weighted by atomic mass is 10.2. The first-order valence-electron chi connectivity index (χ1n) is 5.69. The van der Waals surface area contributed by atoms with Gasteiger partial charge in [-0.2, -0.15) is 0 Å². The van der Waals surface area contributed by atoms with Gasteiger partial charge in [0.25, 0.3) is 0 Å². The van der Waals surface area contributed by atoms with Crippen LogP contribution >= 0.6 is 11.6 Å². The van der Waals surface area contributed by atoms with Crippen molar-refractivity contribution in [2.75, 3.05) is 18.4 Å². The van der Waals surface area contributed by atoms with Crippen LogP contribution in [-0.2, 0) is 4.79 Å². The van der Waals surface area contributed by atoms with Crippen molar-refractivity contribution in [2.24, 2.45) is 0 Å². The van der Waals surface area contributed by atoms with Crippen molar-refractivity contribution in [1.29, 1.82) is 0 Å². The van der Waals surface area contributed by atoms with E-state index in [1.165, 1.54) is 6.92 Å². The predicted octanol–water partition coefficient (Wildman–Crippen LogP) is 2.44. The molecule has 94 valence electrons. The number of aromatic nitrogens is 1. The molecule has 4 nitrogen and oxygen atoms in total. The maximum Gasteiger partial charge on any atom is 0.216 e. The summed E-state index contributed by atoms with van der Waals surface area (Å²) < 4.78 is 0. The lowest BCUT2D eigenvalue weighted by Crippen LogP contribution is -2.26. The smallest absolute Gasteiger partial charge is 0.216 e. The van der Waals surface area contributed by atoms with Gasteiger partial charge < -0.3 is 10.6 Å². The molecule has 18 heavy (non-hydrogen) atoms. The minimum Gasteiger partial charge on any atom is -0.383 e. The third-order valence-electron chi connectivity index (χ3n) is 2.52. The van der Waals surface area contributed by atoms with Gasteiger partial charge in [-0.15, -0.1) is 0 Å². The Hall–Kier alpha value is -1.81. The zero-order valence-corrected chi connectivity index (χ0v) is 10.8. The summed E-state index contributed by atoms with van der Waals surface area (Å²) in [5, 5.41) is 7.65. The lowest BCUT2D eigenvalue weighted by Gasteiger charge is -2.09. The van der Waals surface area contributed by atoms with Crippen LogP contribution in [0.2, 0.25) is 5.02 Å². The molecule has 2 N–H and O–H groups in total. The Balaban J connectivity index is 2.12. The van der Waals surface area contributed by atoms with Gasteiger partial charge in [0, 0.05) is 42.3 Å². The molecule has 1 amide bonds. The number of carbonyl (C=O) groups is 1. The predicted molar refractivity (Wildman–Crippen MR) is 73.9 cm³/mol. The number of halogens is 1. The number of pyridine rings is 1. The molecule has 0 saturated heterocycles. The number of nitrogens with one attached hydrogen (secondary N) is 2. The molecule has 0 aliphatic heterocycles. The summed E-state index contributed by atoms with van der Waals surface area (Å²) in [6.45, 7) is 2.74. The van der Waals surface area contributed by atoms with Crippen LogP contribution in [0.25, 0.3) is 10.9 Å². The second-order valence-electron chi connectivity index (χ2n) is 3.93. The van der Waals surface area contributed by atoms with Gasteiger partial charge in [-0.05, 0) is 24.3 Å². The number of hydrogen-bond acceptors (Lipinski definition) is 3. The summed E-state index contributed by atoms with van der Waals surface area (Å²) in [4.78, 5) is 15.0. The normalized spacial score (nSPS) is 10.3. The van der Waals surface area contributed by atoms with Crippen LogP contribution in [0.4, 0.5) is 5.69 Å². The van der Waals surface area contributed by atoms with Crippen LogP contribution in [0.3, 0.4) is 0 Å². The molecule has 0 unspecified atom stereocenters. The molecule has 0 spiro atoms. The molecule has 2 aromatic rings. The minimum absolute atomic E-state index is 0.0283. The summed E-state index contributed by atoms with van der Waals surface area (Å²) in [5.41, 5.74) is 1.86. The summed E-state index contributed by atoms with van der Waals surface area (Å²) in [6.07, 6.45) is 1.75. The van der Waals surface area contributed by atoms with Crippen molar-refractivity contribution in [1.82, 2.24) is 10.3 Å². The van der Waals surface area contributed by atoms with Crippen LogP contribution in [0, 0.1) is 0 Å². The molecule has 0 bridgehead atoms. The number of anilines is 1. The monoisotopic (exact) mass is 263 g/mol. The van der Waals surface area contributed by atoms with Crippen LogP contribution < -0.4 is 10.6 Å². The van der Waals surface area contributed by atoms with Crippen molar-refractivity contribution < 1.29 is 4.79 Å². The fourth-order valence-electron chi connectivity index (χ4n) is 1.71. The van der Waals surface area contributed by atoms with E-state index in [-0.39, 0.29) is 5.91 Å². The molecule has 0 saturated carbocycles. The minimum atomic E-state index is -0.0283. The molecule has 0 radical (unpaired) electrons. The summed E-state index contributed by atoms with van der Waals surface area (Å²) in [5.74, 6) is -0.0283. The molecular formula is C13H14ClN3O. The van der Waals surface area contributed by atoms with Gasteiger partial charge in [0.15, 0.2) is 0 Å². The molecule has 0 aliphatic rings. The lowest BCUT2D eigenvalue weighted by molar-refractivity contribution is -0.118. The third-order valence-corrected chi connectivity index (χ3v) is 2.75. The van der Waals surface area contributed by atoms with Crippen LogP contribution in [0.5, 0.6) is 0 Å². The molecule has 1 aromatic carbocycles. The highest BCUT2D eigenvalue weighted by atomic mass is 35.5. The second kappa shape index (κ2) is 5.69. The Bertz CT molecular complexity index is 571. The molecule has 0 fully saturated rings. The fraction of sp³-hybridized carbons (Fsp3) is 0.231. The largest absolute Gasteiger partial charge is 0.383 e. The highest BCUT2D eigenvalue weighted by molar-refractivity contribution is 6.31. The number of benzene rings is 1. The van der Waals surface area contributed by atoms with Crippen molar-refractivity contribution >= 4 is 34.1 Å². The highest BCUT2D eigenvalue weighted by Gasteiger charge is 2.02. The summed E-state index contributed by atoms with van der Waals surface area (Å²) in [6, 6.07) is 7.48. The zero-order chi connectivity index (χ0) is 13.0. The van der Waals surface area contributed by atoms with Crippen molar-refractivity contribution in [3.8, 4) is 0 Å². The maximum atomic E-state index is 10.7. The van der Waals surface area contributed by atoms with E-state index in [2.05, 4.69) is 15.6 Å². The van der Waals surface area contributed by atoms with Gasteiger partial charge in [-0.1, -0.05) is 11.6 Å². The van der Waals surface area contributed by atoms with Crippen molar-refractivity contribution in [3.05, 3.63) is 35.5 Å². The molecular weight excluding hydrogens is 250 g/mol. The van der Waals surface area contributed by atoms with Crippen molar-refractivity contribution in [3.63, 3.8) is 0 Å². The van der Waals surface area contributed by atoms with Crippen LogP contribution in [-0.4, -0.2) is 24.0 Å². The first-order chi connectivity index (χ1) is 8.66.